The number of nitrogen functional groups attached to an aromatic ring is 1. The molecule has 2 rings (SSSR count). The van der Waals surface area contributed by atoms with Crippen molar-refractivity contribution in [3.63, 3.8) is 0 Å². The molecule has 0 atom stereocenters. The number of nitrogens with two attached hydrogens (primary N) is 1. The van der Waals surface area contributed by atoms with E-state index >= 15 is 0 Å². The molecule has 2 aromatic heterocycles. The van der Waals surface area contributed by atoms with Crippen LogP contribution in [0.3, 0.4) is 0 Å². The second-order valence-electron chi connectivity index (χ2n) is 4.06. The molecule has 2 N–H and O–H groups in total. The number of rotatable bonds is 4. The van der Waals surface area contributed by atoms with Crippen LogP contribution in [0.4, 0.5) is 5.82 Å². The number of carbonyl (C=O) groups excluding carboxylic acids is 1. The monoisotopic (exact) mass is 264 g/mol. The van der Waals surface area contributed by atoms with Gasteiger partial charge in [0, 0.05) is 6.42 Å². The summed E-state index contributed by atoms with van der Waals surface area (Å²) in [6, 6.07) is 0. The Bertz CT molecular complexity index is 600. The number of aryl methyl sites for hydroxylation is 2. The molecule has 0 aromatic carbocycles. The first-order chi connectivity index (χ1) is 9.06. The molecule has 0 unspecified atom stereocenters. The lowest BCUT2D eigenvalue weighted by Gasteiger charge is -2.05. The summed E-state index contributed by atoms with van der Waals surface area (Å²) < 4.78 is 11.8. The summed E-state index contributed by atoms with van der Waals surface area (Å²) in [5.41, 5.74) is 6.07. The Morgan fingerprint density at radius 3 is 2.84 bits per heavy atom. The third-order valence-corrected chi connectivity index (χ3v) is 2.74. The molecule has 0 fully saturated rings. The predicted molar refractivity (Wildman–Crippen MR) is 67.7 cm³/mol. The third-order valence-electron chi connectivity index (χ3n) is 2.74. The highest BCUT2D eigenvalue weighted by atomic mass is 16.5. The number of aromatic nitrogens is 3. The largest absolute Gasteiger partial charge is 0.464 e. The number of hydrogen-bond donors (Lipinski definition) is 1. The van der Waals surface area contributed by atoms with Gasteiger partial charge < -0.3 is 19.5 Å². The Morgan fingerprint density at radius 2 is 2.32 bits per heavy atom. The first kappa shape index (κ1) is 13.1. The molecule has 19 heavy (non-hydrogen) atoms. The highest BCUT2D eigenvalue weighted by molar-refractivity contribution is 5.92. The second kappa shape index (κ2) is 5.13. The van der Waals surface area contributed by atoms with Crippen LogP contribution in [-0.4, -0.2) is 27.6 Å². The number of anilines is 1. The van der Waals surface area contributed by atoms with Crippen molar-refractivity contribution in [1.82, 2.24) is 14.5 Å². The fourth-order valence-electron chi connectivity index (χ4n) is 1.82. The van der Waals surface area contributed by atoms with Gasteiger partial charge in [-0.15, -0.1) is 0 Å². The van der Waals surface area contributed by atoms with Gasteiger partial charge in [-0.05, 0) is 6.92 Å². The maximum absolute atomic E-state index is 11.6. The molecule has 102 valence electrons. The van der Waals surface area contributed by atoms with Crippen LogP contribution in [0, 0.1) is 6.92 Å². The van der Waals surface area contributed by atoms with Gasteiger partial charge in [0.2, 0.25) is 5.89 Å². The number of carbonyl (C=O) groups is 1. The first-order valence-electron chi connectivity index (χ1n) is 5.91. The van der Waals surface area contributed by atoms with E-state index in [-0.39, 0.29) is 11.5 Å². The summed E-state index contributed by atoms with van der Waals surface area (Å²) in [7, 11) is 1.30. The SMILES string of the molecule is CCc1nc(C(=O)OC)c(N)n1Cc1ncc(C)o1. The van der Waals surface area contributed by atoms with E-state index in [0.717, 1.165) is 5.76 Å². The lowest BCUT2D eigenvalue weighted by molar-refractivity contribution is 0.0595. The van der Waals surface area contributed by atoms with Crippen molar-refractivity contribution in [1.29, 1.82) is 0 Å². The van der Waals surface area contributed by atoms with Gasteiger partial charge in [0.1, 0.15) is 23.9 Å². The number of esters is 1. The zero-order valence-corrected chi connectivity index (χ0v) is 11.1. The Morgan fingerprint density at radius 1 is 1.58 bits per heavy atom. The van der Waals surface area contributed by atoms with Crippen molar-refractivity contribution < 1.29 is 13.9 Å². The summed E-state index contributed by atoms with van der Waals surface area (Å²) in [4.78, 5) is 19.9. The minimum Gasteiger partial charge on any atom is -0.464 e. The topological polar surface area (TPSA) is 96.2 Å². The summed E-state index contributed by atoms with van der Waals surface area (Å²) in [5, 5.41) is 0. The van der Waals surface area contributed by atoms with Gasteiger partial charge in [-0.2, -0.15) is 0 Å². The van der Waals surface area contributed by atoms with E-state index in [4.69, 9.17) is 10.2 Å². The maximum atomic E-state index is 11.6. The van der Waals surface area contributed by atoms with Crippen molar-refractivity contribution in [3.05, 3.63) is 29.4 Å². The molecule has 0 aliphatic carbocycles. The number of imidazole rings is 1. The van der Waals surface area contributed by atoms with Crippen molar-refractivity contribution in [2.24, 2.45) is 0 Å². The third kappa shape index (κ3) is 2.44. The Labute approximate surface area is 110 Å². The molecule has 7 nitrogen and oxygen atoms in total. The predicted octanol–water partition coefficient (Wildman–Crippen LogP) is 1.16. The molecular formula is C12H16N4O3. The minimum atomic E-state index is -0.547. The number of oxazole rings is 1. The van der Waals surface area contributed by atoms with Crippen LogP contribution in [0.25, 0.3) is 0 Å². The quantitative estimate of drug-likeness (QED) is 0.832. The molecule has 0 radical (unpaired) electrons. The molecule has 7 heteroatoms. The van der Waals surface area contributed by atoms with Crippen molar-refractivity contribution >= 4 is 11.8 Å². The molecule has 0 amide bonds. The highest BCUT2D eigenvalue weighted by Crippen LogP contribution is 2.18. The number of hydrogen-bond acceptors (Lipinski definition) is 6. The van der Waals surface area contributed by atoms with E-state index in [0.29, 0.717) is 24.7 Å². The van der Waals surface area contributed by atoms with Crippen LogP contribution in [0.1, 0.15) is 34.9 Å². The second-order valence-corrected chi connectivity index (χ2v) is 4.06. The molecule has 0 spiro atoms. The standard InChI is InChI=1S/C12H16N4O3/c1-4-8-15-10(12(17)18-3)11(13)16(8)6-9-14-5-7(2)19-9/h5H,4,6,13H2,1-3H3. The van der Waals surface area contributed by atoms with Crippen molar-refractivity contribution in [2.45, 2.75) is 26.8 Å². The van der Waals surface area contributed by atoms with E-state index in [9.17, 15) is 4.79 Å². The van der Waals surface area contributed by atoms with Gasteiger partial charge in [-0.25, -0.2) is 14.8 Å². The Balaban J connectivity index is 2.38. The fraction of sp³-hybridized carbons (Fsp3) is 0.417. The molecule has 2 heterocycles. The number of ether oxygens (including phenoxy) is 1. The highest BCUT2D eigenvalue weighted by Gasteiger charge is 2.21. The lowest BCUT2D eigenvalue weighted by Crippen LogP contribution is -2.10. The average molecular weight is 264 g/mol. The maximum Gasteiger partial charge on any atom is 0.360 e. The molecule has 2 aromatic rings. The van der Waals surface area contributed by atoms with Crippen LogP contribution in [0.5, 0.6) is 0 Å². The van der Waals surface area contributed by atoms with Gasteiger partial charge in [-0.3, -0.25) is 0 Å². The van der Waals surface area contributed by atoms with E-state index in [1.54, 1.807) is 10.8 Å². The summed E-state index contributed by atoms with van der Waals surface area (Å²) >= 11 is 0. The van der Waals surface area contributed by atoms with Crippen LogP contribution in [0.15, 0.2) is 10.6 Å². The summed E-state index contributed by atoms with van der Waals surface area (Å²) in [6.07, 6.45) is 2.27. The molecule has 0 aliphatic rings. The number of methoxy groups -OCH3 is 1. The van der Waals surface area contributed by atoms with Gasteiger partial charge in [0.15, 0.2) is 5.69 Å². The minimum absolute atomic E-state index is 0.127. The normalized spacial score (nSPS) is 10.7. The zero-order valence-electron chi connectivity index (χ0n) is 11.1. The van der Waals surface area contributed by atoms with Crippen molar-refractivity contribution in [2.75, 3.05) is 12.8 Å². The summed E-state index contributed by atoms with van der Waals surface area (Å²) in [5.74, 6) is 1.65. The van der Waals surface area contributed by atoms with Gasteiger partial charge >= 0.3 is 5.97 Å². The van der Waals surface area contributed by atoms with E-state index in [2.05, 4.69) is 14.7 Å². The van der Waals surface area contributed by atoms with Gasteiger partial charge in [0.25, 0.3) is 0 Å². The van der Waals surface area contributed by atoms with Crippen molar-refractivity contribution in [3.8, 4) is 0 Å². The van der Waals surface area contributed by atoms with Crippen LogP contribution < -0.4 is 5.73 Å². The van der Waals surface area contributed by atoms with Gasteiger partial charge in [-0.1, -0.05) is 6.92 Å². The smallest absolute Gasteiger partial charge is 0.360 e. The first-order valence-corrected chi connectivity index (χ1v) is 5.91. The molecule has 0 bridgehead atoms. The van der Waals surface area contributed by atoms with Crippen LogP contribution >= 0.6 is 0 Å². The van der Waals surface area contributed by atoms with Gasteiger partial charge in [0.05, 0.1) is 13.3 Å². The van der Waals surface area contributed by atoms with E-state index < -0.39 is 5.97 Å². The Hall–Kier alpha value is -2.31. The number of nitrogens with zero attached hydrogens (tertiary/aromatic N) is 3. The molecule has 0 saturated heterocycles. The average Bonchev–Trinajstić information content (AvgIpc) is 2.94. The van der Waals surface area contributed by atoms with Crippen LogP contribution in [0.2, 0.25) is 0 Å². The zero-order chi connectivity index (χ0) is 14.0. The molecule has 0 saturated carbocycles. The lowest BCUT2D eigenvalue weighted by atomic mass is 10.4. The molecular weight excluding hydrogens is 248 g/mol. The Kier molecular flexibility index (Phi) is 3.55. The fourth-order valence-corrected chi connectivity index (χ4v) is 1.82. The van der Waals surface area contributed by atoms with Crippen LogP contribution in [-0.2, 0) is 17.7 Å². The molecule has 0 aliphatic heterocycles. The van der Waals surface area contributed by atoms with E-state index in [1.807, 2.05) is 13.8 Å². The summed E-state index contributed by atoms with van der Waals surface area (Å²) in [6.45, 7) is 4.08. The van der Waals surface area contributed by atoms with E-state index in [1.165, 1.54) is 7.11 Å².